The van der Waals surface area contributed by atoms with Gasteiger partial charge in [-0.2, -0.15) is 0 Å². The number of hydrogen-bond donors (Lipinski definition) is 0. The standard InChI is InChI=1S/C14H21NO4/c1-5-18-12(16)11-9-6-7-10(8-9)15(11)13(17)19-14(2,3)4/h6-7,9-11H,5,8H2,1-4H3/t9-,10+,11-/m0/s1. The Morgan fingerprint density at radius 2 is 2.00 bits per heavy atom. The Balaban J connectivity index is 2.15. The minimum atomic E-state index is -0.568. The van der Waals surface area contributed by atoms with Crippen molar-refractivity contribution >= 4 is 12.1 Å². The molecule has 0 radical (unpaired) electrons. The normalized spacial score (nSPS) is 28.6. The van der Waals surface area contributed by atoms with Crippen LogP contribution in [0.3, 0.4) is 0 Å². The lowest BCUT2D eigenvalue weighted by atomic mass is 10.0. The van der Waals surface area contributed by atoms with Crippen molar-refractivity contribution in [2.75, 3.05) is 6.61 Å². The van der Waals surface area contributed by atoms with Crippen LogP contribution in [-0.2, 0) is 14.3 Å². The maximum atomic E-state index is 12.2. The summed E-state index contributed by atoms with van der Waals surface area (Å²) in [7, 11) is 0. The first-order valence-corrected chi connectivity index (χ1v) is 6.69. The van der Waals surface area contributed by atoms with Crippen LogP contribution in [0.5, 0.6) is 0 Å². The molecule has 0 aromatic rings. The molecular formula is C14H21NO4. The average Bonchev–Trinajstić information content (AvgIpc) is 2.85. The molecule has 1 saturated heterocycles. The van der Waals surface area contributed by atoms with E-state index in [9.17, 15) is 9.59 Å². The van der Waals surface area contributed by atoms with Gasteiger partial charge in [-0.15, -0.1) is 0 Å². The molecule has 2 bridgehead atoms. The molecule has 0 aromatic heterocycles. The first kappa shape index (κ1) is 13.9. The van der Waals surface area contributed by atoms with Gasteiger partial charge in [0.1, 0.15) is 11.6 Å². The Labute approximate surface area is 113 Å². The number of hydrogen-bond acceptors (Lipinski definition) is 4. The van der Waals surface area contributed by atoms with Gasteiger partial charge in [-0.1, -0.05) is 12.2 Å². The minimum absolute atomic E-state index is 0.0470. The van der Waals surface area contributed by atoms with Gasteiger partial charge >= 0.3 is 12.1 Å². The molecule has 3 atom stereocenters. The molecule has 1 aliphatic carbocycles. The van der Waals surface area contributed by atoms with Crippen molar-refractivity contribution in [1.82, 2.24) is 4.90 Å². The number of nitrogens with zero attached hydrogens (tertiary/aromatic N) is 1. The van der Waals surface area contributed by atoms with Crippen molar-refractivity contribution < 1.29 is 19.1 Å². The predicted molar refractivity (Wildman–Crippen MR) is 69.5 cm³/mol. The Morgan fingerprint density at radius 1 is 1.32 bits per heavy atom. The quantitative estimate of drug-likeness (QED) is 0.568. The van der Waals surface area contributed by atoms with Crippen molar-refractivity contribution in [3.63, 3.8) is 0 Å². The summed E-state index contributed by atoms with van der Waals surface area (Å²) < 4.78 is 10.4. The summed E-state index contributed by atoms with van der Waals surface area (Å²) in [4.78, 5) is 25.8. The van der Waals surface area contributed by atoms with Gasteiger partial charge in [0.15, 0.2) is 0 Å². The van der Waals surface area contributed by atoms with Crippen LogP contribution < -0.4 is 0 Å². The number of rotatable bonds is 2. The lowest BCUT2D eigenvalue weighted by molar-refractivity contribution is -0.149. The highest BCUT2D eigenvalue weighted by molar-refractivity contribution is 5.84. The largest absolute Gasteiger partial charge is 0.464 e. The van der Waals surface area contributed by atoms with Gasteiger partial charge in [-0.3, -0.25) is 4.90 Å². The summed E-state index contributed by atoms with van der Waals surface area (Å²) in [6.07, 6.45) is 4.29. The van der Waals surface area contributed by atoms with Crippen molar-refractivity contribution in [3.05, 3.63) is 12.2 Å². The molecule has 1 amide bonds. The Morgan fingerprint density at radius 3 is 2.58 bits per heavy atom. The van der Waals surface area contributed by atoms with E-state index in [1.807, 2.05) is 32.9 Å². The number of carbonyl (C=O) groups excluding carboxylic acids is 2. The molecule has 106 valence electrons. The molecule has 0 saturated carbocycles. The highest BCUT2D eigenvalue weighted by Crippen LogP contribution is 2.38. The highest BCUT2D eigenvalue weighted by atomic mass is 16.6. The van der Waals surface area contributed by atoms with E-state index in [1.165, 1.54) is 4.90 Å². The second-order valence-corrected chi connectivity index (χ2v) is 5.94. The molecule has 5 nitrogen and oxygen atoms in total. The fourth-order valence-corrected chi connectivity index (χ4v) is 2.64. The molecule has 1 aliphatic heterocycles. The predicted octanol–water partition coefficient (Wildman–Crippen LogP) is 2.11. The fraction of sp³-hybridized carbons (Fsp3) is 0.714. The summed E-state index contributed by atoms with van der Waals surface area (Å²) in [6.45, 7) is 7.52. The fourth-order valence-electron chi connectivity index (χ4n) is 2.64. The molecule has 2 rings (SSSR count). The lowest BCUT2D eigenvalue weighted by Gasteiger charge is -2.32. The smallest absolute Gasteiger partial charge is 0.411 e. The maximum Gasteiger partial charge on any atom is 0.411 e. The van der Waals surface area contributed by atoms with Crippen LogP contribution in [0.25, 0.3) is 0 Å². The maximum absolute atomic E-state index is 12.2. The van der Waals surface area contributed by atoms with Crippen LogP contribution in [-0.4, -0.2) is 41.3 Å². The molecule has 0 spiro atoms. The zero-order valence-corrected chi connectivity index (χ0v) is 11.9. The minimum Gasteiger partial charge on any atom is -0.464 e. The van der Waals surface area contributed by atoms with Gasteiger partial charge in [0.2, 0.25) is 0 Å². The van der Waals surface area contributed by atoms with Gasteiger partial charge in [-0.05, 0) is 34.1 Å². The van der Waals surface area contributed by atoms with Gasteiger partial charge in [-0.25, -0.2) is 9.59 Å². The van der Waals surface area contributed by atoms with Gasteiger partial charge in [0.05, 0.1) is 12.6 Å². The molecule has 1 fully saturated rings. The number of amides is 1. The van der Waals surface area contributed by atoms with E-state index in [0.717, 1.165) is 6.42 Å². The zero-order chi connectivity index (χ0) is 14.2. The van der Waals surface area contributed by atoms with E-state index in [0.29, 0.717) is 6.61 Å². The third-order valence-corrected chi connectivity index (χ3v) is 3.29. The average molecular weight is 267 g/mol. The molecule has 2 aliphatic rings. The number of esters is 1. The zero-order valence-electron chi connectivity index (χ0n) is 11.9. The third kappa shape index (κ3) is 2.74. The van der Waals surface area contributed by atoms with E-state index in [4.69, 9.17) is 9.47 Å². The van der Waals surface area contributed by atoms with Crippen molar-refractivity contribution in [1.29, 1.82) is 0 Å². The van der Waals surface area contributed by atoms with E-state index in [2.05, 4.69) is 0 Å². The van der Waals surface area contributed by atoms with Crippen molar-refractivity contribution in [2.45, 2.75) is 51.8 Å². The summed E-state index contributed by atoms with van der Waals surface area (Å²) in [5.74, 6) is -0.290. The van der Waals surface area contributed by atoms with Crippen LogP contribution >= 0.6 is 0 Å². The van der Waals surface area contributed by atoms with E-state index in [1.54, 1.807) is 6.92 Å². The summed E-state index contributed by atoms with van der Waals surface area (Å²) in [6, 6.07) is -0.584. The number of carbonyl (C=O) groups is 2. The molecule has 0 aromatic carbocycles. The number of fused-ring (bicyclic) bond motifs is 2. The van der Waals surface area contributed by atoms with E-state index >= 15 is 0 Å². The number of likely N-dealkylation sites (tertiary alicyclic amines) is 1. The highest BCUT2D eigenvalue weighted by Gasteiger charge is 2.50. The van der Waals surface area contributed by atoms with E-state index in [-0.39, 0.29) is 17.9 Å². The monoisotopic (exact) mass is 267 g/mol. The topological polar surface area (TPSA) is 55.8 Å². The molecule has 1 heterocycles. The van der Waals surface area contributed by atoms with Gasteiger partial charge in [0, 0.05) is 5.92 Å². The molecule has 0 unspecified atom stereocenters. The van der Waals surface area contributed by atoms with Gasteiger partial charge in [0.25, 0.3) is 0 Å². The Kier molecular flexibility index (Phi) is 3.56. The molecule has 19 heavy (non-hydrogen) atoms. The Hall–Kier alpha value is -1.52. The second kappa shape index (κ2) is 4.87. The second-order valence-electron chi connectivity index (χ2n) is 5.94. The first-order chi connectivity index (χ1) is 8.83. The van der Waals surface area contributed by atoms with Crippen LogP contribution in [0.1, 0.15) is 34.1 Å². The summed E-state index contributed by atoms with van der Waals surface area (Å²) >= 11 is 0. The summed E-state index contributed by atoms with van der Waals surface area (Å²) in [5, 5.41) is 0. The van der Waals surface area contributed by atoms with Crippen LogP contribution in [0, 0.1) is 5.92 Å². The molecule has 0 N–H and O–H groups in total. The molecular weight excluding hydrogens is 246 g/mol. The van der Waals surface area contributed by atoms with E-state index < -0.39 is 17.7 Å². The van der Waals surface area contributed by atoms with Crippen LogP contribution in [0.4, 0.5) is 4.79 Å². The molecule has 5 heteroatoms. The number of ether oxygens (including phenoxy) is 2. The first-order valence-electron chi connectivity index (χ1n) is 6.69. The van der Waals surface area contributed by atoms with Crippen molar-refractivity contribution in [2.24, 2.45) is 5.92 Å². The van der Waals surface area contributed by atoms with Crippen LogP contribution in [0.15, 0.2) is 12.2 Å². The lowest BCUT2D eigenvalue weighted by Crippen LogP contribution is -2.49. The van der Waals surface area contributed by atoms with Gasteiger partial charge < -0.3 is 9.47 Å². The van der Waals surface area contributed by atoms with Crippen molar-refractivity contribution in [3.8, 4) is 0 Å². The van der Waals surface area contributed by atoms with Crippen LogP contribution in [0.2, 0.25) is 0 Å². The third-order valence-electron chi connectivity index (χ3n) is 3.29. The Bertz CT molecular complexity index is 410. The SMILES string of the molecule is CCOC(=O)[C@@H]1[C@H]2C=C[C@H](C2)N1C(=O)OC(C)(C)C. The summed E-state index contributed by atoms with van der Waals surface area (Å²) in [5.41, 5.74) is -0.568.